The monoisotopic (exact) mass is 483 g/mol. The molecule has 9 heteroatoms. The molecule has 0 unspecified atom stereocenters. The van der Waals surface area contributed by atoms with Crippen molar-refractivity contribution < 1.29 is 22.7 Å². The fourth-order valence-electron chi connectivity index (χ4n) is 4.02. The Labute approximate surface area is 201 Å². The second kappa shape index (κ2) is 11.2. The van der Waals surface area contributed by atoms with Gasteiger partial charge in [-0.05, 0) is 42.7 Å². The van der Waals surface area contributed by atoms with Crippen LogP contribution in [-0.2, 0) is 21.4 Å². The van der Waals surface area contributed by atoms with Crippen LogP contribution in [0, 0.1) is 17.2 Å². The average Bonchev–Trinajstić information content (AvgIpc) is 2.88. The molecule has 1 saturated heterocycles. The van der Waals surface area contributed by atoms with Gasteiger partial charge in [-0.2, -0.15) is 9.57 Å². The summed E-state index contributed by atoms with van der Waals surface area (Å²) in [7, 11) is -0.777. The van der Waals surface area contributed by atoms with Crippen molar-refractivity contribution in [3.8, 4) is 17.6 Å². The number of hydrogen-bond acceptors (Lipinski definition) is 6. The zero-order chi connectivity index (χ0) is 24.7. The summed E-state index contributed by atoms with van der Waals surface area (Å²) in [5.41, 5.74) is 1.48. The van der Waals surface area contributed by atoms with Gasteiger partial charge in [0.25, 0.3) is 0 Å². The van der Waals surface area contributed by atoms with E-state index in [-0.39, 0.29) is 29.8 Å². The van der Waals surface area contributed by atoms with Gasteiger partial charge in [0, 0.05) is 38.2 Å². The SMILES string of the molecule is C=CCN(Cc1ccc(C#N)cc1)C(=O)C1CCN(S(=O)(=O)c2ccc(OC)c(OC)c2)CC1. The number of hydrogen-bond donors (Lipinski definition) is 0. The fraction of sp³-hybridized carbons (Fsp3) is 0.360. The van der Waals surface area contributed by atoms with Crippen LogP contribution in [0.4, 0.5) is 0 Å². The molecule has 34 heavy (non-hydrogen) atoms. The molecule has 2 aromatic rings. The number of sulfonamides is 1. The Morgan fingerprint density at radius 1 is 1.15 bits per heavy atom. The molecule has 3 rings (SSSR count). The zero-order valence-electron chi connectivity index (χ0n) is 19.4. The molecule has 0 spiro atoms. The number of amides is 1. The summed E-state index contributed by atoms with van der Waals surface area (Å²) in [5, 5.41) is 8.97. The van der Waals surface area contributed by atoms with Gasteiger partial charge < -0.3 is 14.4 Å². The first kappa shape index (κ1) is 25.3. The Morgan fingerprint density at radius 2 is 1.79 bits per heavy atom. The molecular weight excluding hydrogens is 454 g/mol. The molecule has 0 radical (unpaired) electrons. The number of carbonyl (C=O) groups excluding carboxylic acids is 1. The van der Waals surface area contributed by atoms with Crippen molar-refractivity contribution in [2.24, 2.45) is 5.92 Å². The van der Waals surface area contributed by atoms with Crippen molar-refractivity contribution in [3.63, 3.8) is 0 Å². The number of piperidine rings is 1. The van der Waals surface area contributed by atoms with Crippen LogP contribution in [0.3, 0.4) is 0 Å². The van der Waals surface area contributed by atoms with Crippen molar-refractivity contribution in [1.29, 1.82) is 5.26 Å². The number of nitriles is 1. The van der Waals surface area contributed by atoms with Crippen molar-refractivity contribution in [3.05, 3.63) is 66.2 Å². The highest BCUT2D eigenvalue weighted by atomic mass is 32.2. The summed E-state index contributed by atoms with van der Waals surface area (Å²) in [6.07, 6.45) is 2.55. The average molecular weight is 484 g/mol. The third kappa shape index (κ3) is 5.58. The Bertz CT molecular complexity index is 1160. The Kier molecular flexibility index (Phi) is 8.31. The smallest absolute Gasteiger partial charge is 0.243 e. The summed E-state index contributed by atoms with van der Waals surface area (Å²) >= 11 is 0. The molecule has 180 valence electrons. The van der Waals surface area contributed by atoms with Crippen LogP contribution in [-0.4, -0.2) is 57.4 Å². The Morgan fingerprint density at radius 3 is 2.35 bits per heavy atom. The number of benzene rings is 2. The first-order valence-electron chi connectivity index (χ1n) is 10.9. The molecule has 0 saturated carbocycles. The molecule has 0 aliphatic carbocycles. The zero-order valence-corrected chi connectivity index (χ0v) is 20.3. The first-order valence-corrected chi connectivity index (χ1v) is 12.4. The van der Waals surface area contributed by atoms with Crippen LogP contribution in [0.5, 0.6) is 11.5 Å². The minimum absolute atomic E-state index is 0.0209. The molecular formula is C25H29N3O5S. The minimum atomic E-state index is -3.72. The first-order chi connectivity index (χ1) is 16.3. The fourth-order valence-corrected chi connectivity index (χ4v) is 5.51. The number of ether oxygens (including phenoxy) is 2. The third-order valence-corrected chi connectivity index (χ3v) is 7.81. The number of methoxy groups -OCH3 is 2. The maximum absolute atomic E-state index is 13.2. The summed E-state index contributed by atoms with van der Waals surface area (Å²) in [4.78, 5) is 15.1. The van der Waals surface area contributed by atoms with Gasteiger partial charge in [0.05, 0.1) is 30.7 Å². The lowest BCUT2D eigenvalue weighted by molar-refractivity contribution is -0.136. The van der Waals surface area contributed by atoms with Crippen LogP contribution in [0.2, 0.25) is 0 Å². The van der Waals surface area contributed by atoms with E-state index in [1.165, 1.54) is 30.7 Å². The van der Waals surface area contributed by atoms with E-state index in [0.717, 1.165) is 5.56 Å². The molecule has 0 aromatic heterocycles. The quantitative estimate of drug-likeness (QED) is 0.508. The van der Waals surface area contributed by atoms with Gasteiger partial charge in [-0.15, -0.1) is 6.58 Å². The lowest BCUT2D eigenvalue weighted by Crippen LogP contribution is -2.44. The van der Waals surface area contributed by atoms with Crippen LogP contribution in [0.25, 0.3) is 0 Å². The highest BCUT2D eigenvalue weighted by molar-refractivity contribution is 7.89. The standard InChI is InChI=1S/C25H29N3O5S/c1-4-13-27(18-20-7-5-19(17-26)6-8-20)25(29)21-11-14-28(15-12-21)34(30,31)22-9-10-23(32-2)24(16-22)33-3/h4-10,16,21H,1,11-15,18H2,2-3H3. The van der Waals surface area contributed by atoms with E-state index in [9.17, 15) is 13.2 Å². The van der Waals surface area contributed by atoms with Gasteiger partial charge >= 0.3 is 0 Å². The van der Waals surface area contributed by atoms with Crippen LogP contribution in [0.15, 0.2) is 60.0 Å². The number of nitrogens with zero attached hydrogens (tertiary/aromatic N) is 3. The van der Waals surface area contributed by atoms with E-state index in [4.69, 9.17) is 14.7 Å². The second-order valence-electron chi connectivity index (χ2n) is 8.01. The molecule has 2 aromatic carbocycles. The van der Waals surface area contributed by atoms with Gasteiger partial charge in [-0.3, -0.25) is 4.79 Å². The normalized spacial score (nSPS) is 14.7. The van der Waals surface area contributed by atoms with E-state index in [2.05, 4.69) is 12.6 Å². The molecule has 1 aliphatic heterocycles. The molecule has 0 atom stereocenters. The van der Waals surface area contributed by atoms with Gasteiger partial charge in [-0.25, -0.2) is 8.42 Å². The van der Waals surface area contributed by atoms with Gasteiger partial charge in [0.15, 0.2) is 11.5 Å². The Hall–Kier alpha value is -3.35. The summed E-state index contributed by atoms with van der Waals surface area (Å²) < 4.78 is 38.2. The summed E-state index contributed by atoms with van der Waals surface area (Å²) in [6.45, 7) is 5.06. The van der Waals surface area contributed by atoms with Crippen molar-refractivity contribution >= 4 is 15.9 Å². The highest BCUT2D eigenvalue weighted by Gasteiger charge is 2.34. The van der Waals surface area contributed by atoms with Crippen molar-refractivity contribution in [2.75, 3.05) is 33.9 Å². The predicted molar refractivity (Wildman–Crippen MR) is 128 cm³/mol. The van der Waals surface area contributed by atoms with E-state index in [1.807, 2.05) is 12.1 Å². The molecule has 1 amide bonds. The van der Waals surface area contributed by atoms with E-state index in [1.54, 1.807) is 29.2 Å². The van der Waals surface area contributed by atoms with Crippen molar-refractivity contribution in [1.82, 2.24) is 9.21 Å². The molecule has 1 aliphatic rings. The topological polar surface area (TPSA) is 99.9 Å². The summed E-state index contributed by atoms with van der Waals surface area (Å²) in [5.74, 6) is 0.509. The van der Waals surface area contributed by atoms with Gasteiger partial charge in [0.2, 0.25) is 15.9 Å². The minimum Gasteiger partial charge on any atom is -0.493 e. The van der Waals surface area contributed by atoms with Gasteiger partial charge in [-0.1, -0.05) is 18.2 Å². The molecule has 8 nitrogen and oxygen atoms in total. The highest BCUT2D eigenvalue weighted by Crippen LogP contribution is 2.32. The Balaban J connectivity index is 1.67. The largest absolute Gasteiger partial charge is 0.493 e. The van der Waals surface area contributed by atoms with E-state index in [0.29, 0.717) is 43.0 Å². The maximum Gasteiger partial charge on any atom is 0.243 e. The molecule has 0 bridgehead atoms. The van der Waals surface area contributed by atoms with Gasteiger partial charge in [0.1, 0.15) is 0 Å². The molecule has 0 N–H and O–H groups in total. The molecule has 1 heterocycles. The number of rotatable bonds is 9. The number of carbonyl (C=O) groups is 1. The lowest BCUT2D eigenvalue weighted by atomic mass is 9.96. The maximum atomic E-state index is 13.2. The van der Waals surface area contributed by atoms with E-state index < -0.39 is 10.0 Å². The van der Waals surface area contributed by atoms with E-state index >= 15 is 0 Å². The lowest BCUT2D eigenvalue weighted by Gasteiger charge is -2.33. The second-order valence-corrected chi connectivity index (χ2v) is 9.95. The van der Waals surface area contributed by atoms with Crippen LogP contribution < -0.4 is 9.47 Å². The molecule has 1 fully saturated rings. The van der Waals surface area contributed by atoms with Crippen LogP contribution in [0.1, 0.15) is 24.0 Å². The predicted octanol–water partition coefficient (Wildman–Crippen LogP) is 3.19. The summed E-state index contributed by atoms with van der Waals surface area (Å²) in [6, 6.07) is 13.7. The third-order valence-electron chi connectivity index (χ3n) is 5.91. The van der Waals surface area contributed by atoms with Crippen molar-refractivity contribution in [2.45, 2.75) is 24.3 Å². The van der Waals surface area contributed by atoms with Crippen LogP contribution >= 0.6 is 0 Å².